The fraction of sp³-hybridized carbons (Fsp3) is 0.857. The average Bonchev–Trinajstić information content (AvgIpc) is 2.37. The van der Waals surface area contributed by atoms with Gasteiger partial charge in [0.05, 0.1) is 12.1 Å². The molecule has 1 fully saturated rings. The largest absolute Gasteiger partial charge is 0.381 e. The molecule has 1 rings (SSSR count). The third-order valence-electron chi connectivity index (χ3n) is 2.31. The van der Waals surface area contributed by atoms with Crippen molar-refractivity contribution < 1.29 is 9.53 Å². The van der Waals surface area contributed by atoms with Gasteiger partial charge >= 0.3 is 0 Å². The van der Waals surface area contributed by atoms with E-state index in [0.29, 0.717) is 13.2 Å². The van der Waals surface area contributed by atoms with Crippen LogP contribution in [0.1, 0.15) is 13.3 Å². The van der Waals surface area contributed by atoms with Crippen LogP contribution in [0.25, 0.3) is 0 Å². The van der Waals surface area contributed by atoms with E-state index in [9.17, 15) is 4.79 Å². The third-order valence-corrected chi connectivity index (χ3v) is 2.31. The van der Waals surface area contributed by atoms with Crippen molar-refractivity contribution >= 4 is 5.91 Å². The van der Waals surface area contributed by atoms with Crippen molar-refractivity contribution in [1.82, 2.24) is 0 Å². The summed E-state index contributed by atoms with van der Waals surface area (Å²) < 4.78 is 5.11. The second-order valence-electron chi connectivity index (χ2n) is 3.21. The van der Waals surface area contributed by atoms with Crippen molar-refractivity contribution in [3.8, 4) is 0 Å². The van der Waals surface area contributed by atoms with E-state index in [2.05, 4.69) is 0 Å². The van der Waals surface area contributed by atoms with Gasteiger partial charge in [-0.25, -0.2) is 0 Å². The highest BCUT2D eigenvalue weighted by Gasteiger charge is 2.37. The molecular formula is C7H14N2O2. The van der Waals surface area contributed by atoms with Gasteiger partial charge in [-0.3, -0.25) is 4.79 Å². The van der Waals surface area contributed by atoms with Crippen LogP contribution in [0.5, 0.6) is 0 Å². The lowest BCUT2D eigenvalue weighted by atomic mass is 9.85. The van der Waals surface area contributed by atoms with Crippen LogP contribution >= 0.6 is 0 Å². The van der Waals surface area contributed by atoms with Crippen molar-refractivity contribution in [3.05, 3.63) is 0 Å². The molecule has 0 bridgehead atoms. The molecule has 11 heavy (non-hydrogen) atoms. The summed E-state index contributed by atoms with van der Waals surface area (Å²) in [6.45, 7) is 2.90. The molecule has 4 N–H and O–H groups in total. The SMILES string of the molecule is CC(N)(C(N)=O)C1CCOC1. The Kier molecular flexibility index (Phi) is 2.15. The number of ether oxygens (including phenoxy) is 1. The van der Waals surface area contributed by atoms with E-state index >= 15 is 0 Å². The molecule has 64 valence electrons. The Morgan fingerprint density at radius 2 is 2.36 bits per heavy atom. The molecule has 0 radical (unpaired) electrons. The number of amides is 1. The maximum Gasteiger partial charge on any atom is 0.237 e. The minimum absolute atomic E-state index is 0.0833. The van der Waals surface area contributed by atoms with Crippen LogP contribution in [-0.4, -0.2) is 24.7 Å². The molecule has 0 aliphatic carbocycles. The van der Waals surface area contributed by atoms with E-state index in [1.165, 1.54) is 0 Å². The fourth-order valence-electron chi connectivity index (χ4n) is 1.21. The van der Waals surface area contributed by atoms with Crippen LogP contribution in [0.2, 0.25) is 0 Å². The van der Waals surface area contributed by atoms with Crippen LogP contribution in [0.15, 0.2) is 0 Å². The smallest absolute Gasteiger partial charge is 0.237 e. The maximum atomic E-state index is 10.8. The van der Waals surface area contributed by atoms with E-state index < -0.39 is 11.4 Å². The summed E-state index contributed by atoms with van der Waals surface area (Å²) in [6.07, 6.45) is 0.829. The zero-order chi connectivity index (χ0) is 8.48. The van der Waals surface area contributed by atoms with Gasteiger partial charge in [-0.1, -0.05) is 0 Å². The van der Waals surface area contributed by atoms with Gasteiger partial charge in [0.25, 0.3) is 0 Å². The van der Waals surface area contributed by atoms with Crippen LogP contribution in [0.4, 0.5) is 0 Å². The van der Waals surface area contributed by atoms with E-state index in [1.807, 2.05) is 0 Å². The summed E-state index contributed by atoms with van der Waals surface area (Å²) in [5.74, 6) is -0.368. The summed E-state index contributed by atoms with van der Waals surface area (Å²) in [4.78, 5) is 10.8. The molecule has 2 unspecified atom stereocenters. The quantitative estimate of drug-likeness (QED) is 0.553. The van der Waals surface area contributed by atoms with Gasteiger partial charge in [0.1, 0.15) is 0 Å². The normalized spacial score (nSPS) is 29.8. The number of carbonyl (C=O) groups excluding carboxylic acids is 1. The van der Waals surface area contributed by atoms with Crippen LogP contribution in [0, 0.1) is 5.92 Å². The van der Waals surface area contributed by atoms with Gasteiger partial charge in [-0.05, 0) is 13.3 Å². The van der Waals surface area contributed by atoms with Crippen LogP contribution < -0.4 is 11.5 Å². The number of hydrogen-bond donors (Lipinski definition) is 2. The molecule has 1 saturated heterocycles. The predicted octanol–water partition coefficient (Wildman–Crippen LogP) is -0.774. The first kappa shape index (κ1) is 8.49. The molecule has 2 atom stereocenters. The summed E-state index contributed by atoms with van der Waals surface area (Å²) in [6, 6.07) is 0. The van der Waals surface area contributed by atoms with E-state index in [-0.39, 0.29) is 5.92 Å². The van der Waals surface area contributed by atoms with E-state index in [1.54, 1.807) is 6.92 Å². The number of carbonyl (C=O) groups is 1. The van der Waals surface area contributed by atoms with Gasteiger partial charge in [0.15, 0.2) is 0 Å². The molecule has 4 nitrogen and oxygen atoms in total. The zero-order valence-corrected chi connectivity index (χ0v) is 6.67. The van der Waals surface area contributed by atoms with Gasteiger partial charge in [-0.15, -0.1) is 0 Å². The Labute approximate surface area is 65.9 Å². The molecule has 1 amide bonds. The first-order chi connectivity index (χ1) is 5.05. The van der Waals surface area contributed by atoms with E-state index in [4.69, 9.17) is 16.2 Å². The second-order valence-corrected chi connectivity index (χ2v) is 3.21. The number of primary amides is 1. The molecule has 4 heteroatoms. The van der Waals surface area contributed by atoms with Crippen molar-refractivity contribution in [2.75, 3.05) is 13.2 Å². The summed E-state index contributed by atoms with van der Waals surface area (Å²) >= 11 is 0. The average molecular weight is 158 g/mol. The van der Waals surface area contributed by atoms with Gasteiger partial charge in [0, 0.05) is 12.5 Å². The van der Waals surface area contributed by atoms with Gasteiger partial charge in [0.2, 0.25) is 5.91 Å². The Hall–Kier alpha value is -0.610. The topological polar surface area (TPSA) is 78.3 Å². The number of hydrogen-bond acceptors (Lipinski definition) is 3. The van der Waals surface area contributed by atoms with Crippen LogP contribution in [-0.2, 0) is 9.53 Å². The molecule has 0 aromatic rings. The summed E-state index contributed by atoms with van der Waals surface area (Å²) in [5, 5.41) is 0. The minimum atomic E-state index is -0.906. The molecule has 1 heterocycles. The highest BCUT2D eigenvalue weighted by molar-refractivity contribution is 5.84. The van der Waals surface area contributed by atoms with Gasteiger partial charge < -0.3 is 16.2 Å². The molecule has 0 spiro atoms. The van der Waals surface area contributed by atoms with Gasteiger partial charge in [-0.2, -0.15) is 0 Å². The molecule has 0 saturated carbocycles. The lowest BCUT2D eigenvalue weighted by molar-refractivity contribution is -0.124. The Morgan fingerprint density at radius 1 is 1.73 bits per heavy atom. The molecule has 0 aromatic carbocycles. The van der Waals surface area contributed by atoms with Crippen molar-refractivity contribution in [2.45, 2.75) is 18.9 Å². The second kappa shape index (κ2) is 2.79. The number of rotatable bonds is 2. The number of nitrogens with two attached hydrogens (primary N) is 2. The van der Waals surface area contributed by atoms with E-state index in [0.717, 1.165) is 6.42 Å². The van der Waals surface area contributed by atoms with Crippen molar-refractivity contribution in [1.29, 1.82) is 0 Å². The Balaban J connectivity index is 2.62. The summed E-state index contributed by atoms with van der Waals surface area (Å²) in [7, 11) is 0. The first-order valence-electron chi connectivity index (χ1n) is 3.71. The monoisotopic (exact) mass is 158 g/mol. The standard InChI is InChI=1S/C7H14N2O2/c1-7(9,6(8)10)5-2-3-11-4-5/h5H,2-4,9H2,1H3,(H2,8,10). The zero-order valence-electron chi connectivity index (χ0n) is 6.67. The maximum absolute atomic E-state index is 10.8. The summed E-state index contributed by atoms with van der Waals surface area (Å²) in [5.41, 5.74) is 9.93. The first-order valence-corrected chi connectivity index (χ1v) is 3.71. The van der Waals surface area contributed by atoms with Crippen molar-refractivity contribution in [2.24, 2.45) is 17.4 Å². The molecule has 1 aliphatic heterocycles. The minimum Gasteiger partial charge on any atom is -0.381 e. The molecular weight excluding hydrogens is 144 g/mol. The Morgan fingerprint density at radius 3 is 2.73 bits per heavy atom. The highest BCUT2D eigenvalue weighted by Crippen LogP contribution is 2.23. The highest BCUT2D eigenvalue weighted by atomic mass is 16.5. The lowest BCUT2D eigenvalue weighted by Crippen LogP contribution is -2.55. The lowest BCUT2D eigenvalue weighted by Gasteiger charge is -2.26. The van der Waals surface area contributed by atoms with Crippen LogP contribution in [0.3, 0.4) is 0 Å². The predicted molar refractivity (Wildman–Crippen MR) is 40.7 cm³/mol. The molecule has 0 aromatic heterocycles. The van der Waals surface area contributed by atoms with Crippen molar-refractivity contribution in [3.63, 3.8) is 0 Å². The third kappa shape index (κ3) is 1.52. The fourth-order valence-corrected chi connectivity index (χ4v) is 1.21. The Bertz CT molecular complexity index is 162. The molecule has 1 aliphatic rings.